The number of hydrogen-bond donors (Lipinski definition) is 1. The first-order chi connectivity index (χ1) is 8.99. The molecular weight excluding hydrogens is 238 g/mol. The average molecular weight is 259 g/mol. The van der Waals surface area contributed by atoms with Crippen LogP contribution >= 0.6 is 0 Å². The summed E-state index contributed by atoms with van der Waals surface area (Å²) in [4.78, 5) is 13.1. The Bertz CT molecular complexity index is 586. The van der Waals surface area contributed by atoms with E-state index in [2.05, 4.69) is 31.8 Å². The molecule has 0 saturated carbocycles. The van der Waals surface area contributed by atoms with E-state index in [4.69, 9.17) is 0 Å². The van der Waals surface area contributed by atoms with Crippen LogP contribution in [-0.4, -0.2) is 26.1 Å². The number of anilines is 1. The second-order valence-electron chi connectivity index (χ2n) is 4.87. The van der Waals surface area contributed by atoms with Crippen LogP contribution in [0, 0.1) is 34.6 Å². The molecule has 2 aromatic heterocycles. The third-order valence-electron chi connectivity index (χ3n) is 3.49. The fourth-order valence-corrected chi connectivity index (χ4v) is 2.01. The van der Waals surface area contributed by atoms with Crippen molar-refractivity contribution in [1.29, 1.82) is 0 Å². The molecule has 0 aliphatic heterocycles. The van der Waals surface area contributed by atoms with E-state index >= 15 is 0 Å². The van der Waals surface area contributed by atoms with Gasteiger partial charge in [0.05, 0.1) is 12.0 Å². The van der Waals surface area contributed by atoms with Crippen molar-refractivity contribution < 1.29 is 0 Å². The Morgan fingerprint density at radius 1 is 1.05 bits per heavy atom. The lowest BCUT2D eigenvalue weighted by molar-refractivity contribution is 0.703. The third-order valence-corrected chi connectivity index (χ3v) is 3.49. The Hall–Kier alpha value is -1.91. The number of aryl methyl sites for hydroxylation is 3. The van der Waals surface area contributed by atoms with Crippen molar-refractivity contribution in [2.75, 3.05) is 11.9 Å². The smallest absolute Gasteiger partial charge is 0.132 e. The van der Waals surface area contributed by atoms with Gasteiger partial charge in [-0.05, 0) is 34.6 Å². The Morgan fingerprint density at radius 2 is 1.79 bits per heavy atom. The predicted octanol–water partition coefficient (Wildman–Crippen LogP) is 2.33. The van der Waals surface area contributed by atoms with Crippen LogP contribution in [0.25, 0.3) is 0 Å². The lowest BCUT2D eigenvalue weighted by Crippen LogP contribution is -2.14. The van der Waals surface area contributed by atoms with Crippen LogP contribution in [0.15, 0.2) is 6.33 Å². The molecule has 5 nitrogen and oxygen atoms in total. The number of hydrogen-bond acceptors (Lipinski definition) is 4. The van der Waals surface area contributed by atoms with Crippen molar-refractivity contribution in [2.24, 2.45) is 0 Å². The first-order valence-electron chi connectivity index (χ1n) is 6.53. The maximum atomic E-state index is 4.45. The van der Waals surface area contributed by atoms with Crippen molar-refractivity contribution in [3.63, 3.8) is 0 Å². The van der Waals surface area contributed by atoms with Gasteiger partial charge < -0.3 is 9.88 Å². The minimum absolute atomic E-state index is 0.806. The van der Waals surface area contributed by atoms with Gasteiger partial charge in [0.1, 0.15) is 11.6 Å². The van der Waals surface area contributed by atoms with E-state index in [-0.39, 0.29) is 0 Å². The summed E-state index contributed by atoms with van der Waals surface area (Å²) in [5, 5.41) is 3.38. The Kier molecular flexibility index (Phi) is 3.83. The highest BCUT2D eigenvalue weighted by Crippen LogP contribution is 2.14. The van der Waals surface area contributed by atoms with E-state index < -0.39 is 0 Å². The molecule has 0 atom stereocenters. The lowest BCUT2D eigenvalue weighted by Gasteiger charge is -2.12. The highest BCUT2D eigenvalue weighted by Gasteiger charge is 2.06. The molecule has 1 N–H and O–H groups in total. The van der Waals surface area contributed by atoms with Gasteiger partial charge in [0.2, 0.25) is 0 Å². The number of imidazole rings is 1. The van der Waals surface area contributed by atoms with Crippen LogP contribution in [-0.2, 0) is 6.54 Å². The molecule has 5 heteroatoms. The van der Waals surface area contributed by atoms with E-state index in [9.17, 15) is 0 Å². The molecule has 19 heavy (non-hydrogen) atoms. The summed E-state index contributed by atoms with van der Waals surface area (Å²) in [6, 6.07) is 0. The first kappa shape index (κ1) is 13.5. The molecule has 0 unspecified atom stereocenters. The highest BCUT2D eigenvalue weighted by atomic mass is 15.1. The molecule has 0 spiro atoms. The monoisotopic (exact) mass is 259 g/mol. The Balaban J connectivity index is 2.02. The molecule has 0 saturated heterocycles. The van der Waals surface area contributed by atoms with Crippen molar-refractivity contribution in [2.45, 2.75) is 41.2 Å². The number of rotatable bonds is 4. The average Bonchev–Trinajstić information content (AvgIpc) is 2.67. The maximum Gasteiger partial charge on any atom is 0.132 e. The minimum Gasteiger partial charge on any atom is -0.368 e. The van der Waals surface area contributed by atoms with Gasteiger partial charge in [-0.2, -0.15) is 0 Å². The van der Waals surface area contributed by atoms with Crippen molar-refractivity contribution in [3.8, 4) is 0 Å². The van der Waals surface area contributed by atoms with Crippen LogP contribution in [0.1, 0.15) is 28.5 Å². The summed E-state index contributed by atoms with van der Waals surface area (Å²) in [6.45, 7) is 11.8. The topological polar surface area (TPSA) is 55.6 Å². The van der Waals surface area contributed by atoms with Crippen molar-refractivity contribution in [3.05, 3.63) is 34.8 Å². The summed E-state index contributed by atoms with van der Waals surface area (Å²) >= 11 is 0. The molecule has 2 aromatic rings. The fraction of sp³-hybridized carbons (Fsp3) is 0.500. The molecule has 0 aliphatic carbocycles. The largest absolute Gasteiger partial charge is 0.368 e. The zero-order valence-electron chi connectivity index (χ0n) is 12.3. The van der Waals surface area contributed by atoms with E-state index in [0.29, 0.717) is 0 Å². The summed E-state index contributed by atoms with van der Waals surface area (Å²) in [5.41, 5.74) is 4.45. The summed E-state index contributed by atoms with van der Waals surface area (Å²) in [7, 11) is 0. The van der Waals surface area contributed by atoms with Gasteiger partial charge in [-0.15, -0.1) is 0 Å². The van der Waals surface area contributed by atoms with Gasteiger partial charge >= 0.3 is 0 Å². The number of nitrogens with one attached hydrogen (secondary N) is 1. The van der Waals surface area contributed by atoms with Crippen molar-refractivity contribution in [1.82, 2.24) is 19.5 Å². The molecule has 0 radical (unpaired) electrons. The second-order valence-corrected chi connectivity index (χ2v) is 4.87. The SMILES string of the molecule is Cc1nc(C)c(C)c(NCCn2cnc(C)c2C)n1. The molecule has 0 amide bonds. The quantitative estimate of drug-likeness (QED) is 0.915. The molecule has 0 fully saturated rings. The minimum atomic E-state index is 0.806. The zero-order chi connectivity index (χ0) is 14.0. The van der Waals surface area contributed by atoms with Gasteiger partial charge in [-0.25, -0.2) is 15.0 Å². The molecule has 0 aliphatic rings. The standard InChI is InChI=1S/C14H21N5/c1-9-10(2)17-13(5)18-14(9)15-6-7-19-8-16-11(3)12(19)4/h8H,6-7H2,1-5H3,(H,15,17,18). The van der Waals surface area contributed by atoms with Crippen LogP contribution in [0.5, 0.6) is 0 Å². The second kappa shape index (κ2) is 5.38. The van der Waals surface area contributed by atoms with Crippen LogP contribution < -0.4 is 5.32 Å². The fourth-order valence-electron chi connectivity index (χ4n) is 2.01. The van der Waals surface area contributed by atoms with E-state index in [1.54, 1.807) is 0 Å². The van der Waals surface area contributed by atoms with Crippen LogP contribution in [0.2, 0.25) is 0 Å². The molecule has 0 bridgehead atoms. The third kappa shape index (κ3) is 2.92. The van der Waals surface area contributed by atoms with Gasteiger partial charge in [0, 0.05) is 30.0 Å². The molecule has 102 valence electrons. The van der Waals surface area contributed by atoms with Gasteiger partial charge in [0.15, 0.2) is 0 Å². The summed E-state index contributed by atoms with van der Waals surface area (Å²) < 4.78 is 2.15. The van der Waals surface area contributed by atoms with Crippen LogP contribution in [0.4, 0.5) is 5.82 Å². The Morgan fingerprint density at radius 3 is 2.42 bits per heavy atom. The lowest BCUT2D eigenvalue weighted by atomic mass is 10.2. The van der Waals surface area contributed by atoms with Crippen LogP contribution in [0.3, 0.4) is 0 Å². The zero-order valence-corrected chi connectivity index (χ0v) is 12.3. The number of nitrogens with zero attached hydrogens (tertiary/aromatic N) is 4. The van der Waals surface area contributed by atoms with Crippen molar-refractivity contribution >= 4 is 5.82 Å². The maximum absolute atomic E-state index is 4.45. The van der Waals surface area contributed by atoms with E-state index in [1.165, 1.54) is 5.69 Å². The first-order valence-corrected chi connectivity index (χ1v) is 6.53. The van der Waals surface area contributed by atoms with Gasteiger partial charge in [-0.1, -0.05) is 0 Å². The van der Waals surface area contributed by atoms with E-state index in [0.717, 1.165) is 41.7 Å². The molecule has 2 heterocycles. The molecular formula is C14H21N5. The number of aromatic nitrogens is 4. The highest BCUT2D eigenvalue weighted by molar-refractivity contribution is 5.45. The Labute approximate surface area is 114 Å². The normalized spacial score (nSPS) is 10.8. The predicted molar refractivity (Wildman–Crippen MR) is 76.4 cm³/mol. The molecule has 2 rings (SSSR count). The molecule has 0 aromatic carbocycles. The van der Waals surface area contributed by atoms with Gasteiger partial charge in [0.25, 0.3) is 0 Å². The summed E-state index contributed by atoms with van der Waals surface area (Å²) in [5.74, 6) is 1.74. The summed E-state index contributed by atoms with van der Waals surface area (Å²) in [6.07, 6.45) is 1.88. The van der Waals surface area contributed by atoms with Gasteiger partial charge in [-0.3, -0.25) is 0 Å². The van der Waals surface area contributed by atoms with E-state index in [1.807, 2.05) is 34.0 Å².